The lowest BCUT2D eigenvalue weighted by molar-refractivity contribution is -0.135. The number of methoxy groups -OCH3 is 1. The molecule has 1 aromatic heterocycles. The molecule has 7 nitrogen and oxygen atoms in total. The third kappa shape index (κ3) is 3.92. The smallest absolute Gasteiger partial charge is 0.254 e. The van der Waals surface area contributed by atoms with Gasteiger partial charge in [0.15, 0.2) is 0 Å². The Morgan fingerprint density at radius 3 is 2.60 bits per heavy atom. The summed E-state index contributed by atoms with van der Waals surface area (Å²) in [4.78, 5) is 35.4. The van der Waals surface area contributed by atoms with Gasteiger partial charge in [-0.15, -0.1) is 0 Å². The van der Waals surface area contributed by atoms with Crippen molar-refractivity contribution in [3.8, 4) is 5.88 Å². The van der Waals surface area contributed by atoms with E-state index in [-0.39, 0.29) is 17.9 Å². The first kappa shape index (κ1) is 17.7. The fourth-order valence-electron chi connectivity index (χ4n) is 3.61. The van der Waals surface area contributed by atoms with Crippen LogP contribution < -0.4 is 4.74 Å². The Bertz CT molecular complexity index is 637. The summed E-state index contributed by atoms with van der Waals surface area (Å²) in [6, 6.07) is 3.36. The average molecular weight is 346 g/mol. The van der Waals surface area contributed by atoms with Crippen LogP contribution in [-0.2, 0) is 4.79 Å². The number of pyridine rings is 1. The minimum atomic E-state index is -0.0343. The first-order valence-corrected chi connectivity index (χ1v) is 8.88. The molecule has 0 aliphatic carbocycles. The number of ether oxygens (including phenoxy) is 1. The van der Waals surface area contributed by atoms with Gasteiger partial charge in [-0.25, -0.2) is 4.98 Å². The van der Waals surface area contributed by atoms with Crippen LogP contribution in [-0.4, -0.2) is 84.4 Å². The number of carbonyl (C=O) groups excluding carboxylic acids is 2. The normalized spacial score (nSPS) is 21.9. The van der Waals surface area contributed by atoms with Crippen molar-refractivity contribution >= 4 is 11.8 Å². The van der Waals surface area contributed by atoms with E-state index in [2.05, 4.69) is 9.88 Å². The van der Waals surface area contributed by atoms with Crippen LogP contribution in [0.1, 0.15) is 29.6 Å². The highest BCUT2D eigenvalue weighted by Gasteiger charge is 2.32. The molecule has 0 N–H and O–H groups in total. The molecule has 0 saturated carbocycles. The summed E-state index contributed by atoms with van der Waals surface area (Å²) in [6.45, 7) is 3.52. The summed E-state index contributed by atoms with van der Waals surface area (Å²) in [6.07, 6.45) is 4.40. The van der Waals surface area contributed by atoms with E-state index in [0.29, 0.717) is 37.6 Å². The first-order chi connectivity index (χ1) is 12.1. The molecule has 0 bridgehead atoms. The average Bonchev–Trinajstić information content (AvgIpc) is 2.92. The quantitative estimate of drug-likeness (QED) is 0.812. The number of hydrogen-bond donors (Lipinski definition) is 0. The number of amides is 2. The third-order valence-electron chi connectivity index (χ3n) is 5.09. The van der Waals surface area contributed by atoms with Crippen LogP contribution in [0.15, 0.2) is 18.3 Å². The van der Waals surface area contributed by atoms with Crippen molar-refractivity contribution in [1.29, 1.82) is 0 Å². The fourth-order valence-corrected chi connectivity index (χ4v) is 3.61. The number of likely N-dealkylation sites (tertiary alicyclic amines) is 1. The van der Waals surface area contributed by atoms with E-state index in [1.165, 1.54) is 7.11 Å². The van der Waals surface area contributed by atoms with Gasteiger partial charge in [0.05, 0.1) is 13.2 Å². The van der Waals surface area contributed by atoms with Gasteiger partial charge >= 0.3 is 0 Å². The minimum absolute atomic E-state index is 0.00621. The van der Waals surface area contributed by atoms with E-state index < -0.39 is 0 Å². The third-order valence-corrected chi connectivity index (χ3v) is 5.09. The molecule has 7 heteroatoms. The second-order valence-corrected chi connectivity index (χ2v) is 6.70. The van der Waals surface area contributed by atoms with Gasteiger partial charge in [-0.1, -0.05) is 0 Å². The van der Waals surface area contributed by atoms with Crippen molar-refractivity contribution in [2.45, 2.75) is 25.3 Å². The Balaban J connectivity index is 1.63. The van der Waals surface area contributed by atoms with E-state index in [1.54, 1.807) is 18.3 Å². The monoisotopic (exact) mass is 346 g/mol. The molecular weight excluding hydrogens is 320 g/mol. The van der Waals surface area contributed by atoms with Crippen LogP contribution >= 0.6 is 0 Å². The lowest BCUT2D eigenvalue weighted by Gasteiger charge is -2.27. The van der Waals surface area contributed by atoms with Crippen molar-refractivity contribution < 1.29 is 14.3 Å². The molecule has 2 saturated heterocycles. The zero-order chi connectivity index (χ0) is 17.8. The highest BCUT2D eigenvalue weighted by molar-refractivity contribution is 5.94. The van der Waals surface area contributed by atoms with Gasteiger partial charge in [0.2, 0.25) is 11.8 Å². The van der Waals surface area contributed by atoms with Crippen LogP contribution in [0.4, 0.5) is 0 Å². The standard InChI is InChI=1S/C18H26N4O3/c1-20-8-3-5-15(20)18(24)22-10-4-9-21(11-12-22)17(23)14-6-7-19-16(13-14)25-2/h6-7,13,15H,3-5,8-12H2,1-2H3/t15-/m0/s1. The van der Waals surface area contributed by atoms with Crippen molar-refractivity contribution in [2.24, 2.45) is 0 Å². The van der Waals surface area contributed by atoms with Gasteiger partial charge in [0.1, 0.15) is 0 Å². The molecule has 136 valence electrons. The maximum absolute atomic E-state index is 12.7. The molecule has 3 heterocycles. The Labute approximate surface area is 148 Å². The van der Waals surface area contributed by atoms with Crippen molar-refractivity contribution in [3.63, 3.8) is 0 Å². The SMILES string of the molecule is COc1cc(C(=O)N2CCCN(C(=O)[C@@H]3CCCN3C)CC2)ccn1. The number of hydrogen-bond acceptors (Lipinski definition) is 5. The molecule has 2 aliphatic heterocycles. The molecule has 0 radical (unpaired) electrons. The van der Waals surface area contributed by atoms with E-state index in [9.17, 15) is 9.59 Å². The molecule has 2 fully saturated rings. The number of aromatic nitrogens is 1. The van der Waals surface area contributed by atoms with Crippen LogP contribution in [0.2, 0.25) is 0 Å². The second kappa shape index (κ2) is 7.82. The van der Waals surface area contributed by atoms with E-state index in [1.807, 2.05) is 16.8 Å². The maximum Gasteiger partial charge on any atom is 0.254 e. The number of nitrogens with zero attached hydrogens (tertiary/aromatic N) is 4. The van der Waals surface area contributed by atoms with Gasteiger partial charge in [-0.3, -0.25) is 14.5 Å². The van der Waals surface area contributed by atoms with Gasteiger partial charge in [-0.05, 0) is 38.9 Å². The van der Waals surface area contributed by atoms with Gasteiger partial charge in [0.25, 0.3) is 5.91 Å². The Morgan fingerprint density at radius 2 is 1.88 bits per heavy atom. The molecular formula is C18H26N4O3. The molecule has 2 amide bonds. The molecule has 1 aromatic rings. The minimum Gasteiger partial charge on any atom is -0.481 e. The number of carbonyl (C=O) groups is 2. The highest BCUT2D eigenvalue weighted by Crippen LogP contribution is 2.19. The first-order valence-electron chi connectivity index (χ1n) is 8.88. The van der Waals surface area contributed by atoms with Crippen LogP contribution in [0.25, 0.3) is 0 Å². The second-order valence-electron chi connectivity index (χ2n) is 6.70. The fraction of sp³-hybridized carbons (Fsp3) is 0.611. The summed E-state index contributed by atoms with van der Waals surface area (Å²) >= 11 is 0. The lowest BCUT2D eigenvalue weighted by atomic mass is 10.2. The van der Waals surface area contributed by atoms with Crippen molar-refractivity contribution in [1.82, 2.24) is 19.7 Å². The van der Waals surface area contributed by atoms with E-state index >= 15 is 0 Å². The van der Waals surface area contributed by atoms with Crippen LogP contribution in [0.3, 0.4) is 0 Å². The molecule has 0 spiro atoms. The lowest BCUT2D eigenvalue weighted by Crippen LogP contribution is -2.46. The summed E-state index contributed by atoms with van der Waals surface area (Å²) in [5.41, 5.74) is 0.571. The molecule has 3 rings (SSSR count). The molecule has 0 unspecified atom stereocenters. The zero-order valence-electron chi connectivity index (χ0n) is 15.0. The topological polar surface area (TPSA) is 66.0 Å². The zero-order valence-corrected chi connectivity index (χ0v) is 15.0. The number of rotatable bonds is 3. The molecule has 1 atom stereocenters. The van der Waals surface area contributed by atoms with E-state index in [4.69, 9.17) is 4.74 Å². The largest absolute Gasteiger partial charge is 0.481 e. The maximum atomic E-state index is 12.7. The summed E-state index contributed by atoms with van der Waals surface area (Å²) in [5, 5.41) is 0. The number of likely N-dealkylation sites (N-methyl/N-ethyl adjacent to an activating group) is 1. The highest BCUT2D eigenvalue weighted by atomic mass is 16.5. The van der Waals surface area contributed by atoms with Crippen molar-refractivity contribution in [3.05, 3.63) is 23.9 Å². The van der Waals surface area contributed by atoms with E-state index in [0.717, 1.165) is 25.8 Å². The van der Waals surface area contributed by atoms with Gasteiger partial charge in [-0.2, -0.15) is 0 Å². The Morgan fingerprint density at radius 1 is 1.12 bits per heavy atom. The van der Waals surface area contributed by atoms with Crippen molar-refractivity contribution in [2.75, 3.05) is 46.9 Å². The van der Waals surface area contributed by atoms with Gasteiger partial charge in [0, 0.05) is 44.0 Å². The summed E-state index contributed by atoms with van der Waals surface area (Å²) in [7, 11) is 3.55. The molecule has 2 aliphatic rings. The predicted octanol–water partition coefficient (Wildman–Crippen LogP) is 0.859. The molecule has 0 aromatic carbocycles. The Kier molecular flexibility index (Phi) is 5.53. The predicted molar refractivity (Wildman–Crippen MR) is 93.5 cm³/mol. The summed E-state index contributed by atoms with van der Waals surface area (Å²) < 4.78 is 5.09. The summed E-state index contributed by atoms with van der Waals surface area (Å²) in [5.74, 6) is 0.606. The molecule has 25 heavy (non-hydrogen) atoms. The Hall–Kier alpha value is -2.15. The van der Waals surface area contributed by atoms with Crippen LogP contribution in [0, 0.1) is 0 Å². The van der Waals surface area contributed by atoms with Gasteiger partial charge < -0.3 is 14.5 Å². The van der Waals surface area contributed by atoms with Crippen LogP contribution in [0.5, 0.6) is 5.88 Å².